The standard InChI is InChI=1S/C15H21N3O4/c1-9(19)10(2)22-13-7-11(6-12(20)8-13)15(21)18-14(16)4-5-17-3/h4-10,17,19-20H,1-3H3,(H2,16,18,21)/p+1/b5-4-. The molecule has 1 rings (SSSR count). The molecule has 7 nitrogen and oxygen atoms in total. The average Bonchev–Trinajstić information content (AvgIpc) is 2.44. The first-order valence-electron chi connectivity index (χ1n) is 6.80. The van der Waals surface area contributed by atoms with Gasteiger partial charge in [-0.25, -0.2) is 10.1 Å². The van der Waals surface area contributed by atoms with E-state index in [-0.39, 0.29) is 22.9 Å². The average molecular weight is 308 g/mol. The van der Waals surface area contributed by atoms with Crippen LogP contribution in [0.4, 0.5) is 0 Å². The Hall–Kier alpha value is -2.54. The van der Waals surface area contributed by atoms with E-state index in [1.54, 1.807) is 27.1 Å². The number of hydrogen-bond donors (Lipinski definition) is 5. The van der Waals surface area contributed by atoms with E-state index in [2.05, 4.69) is 10.6 Å². The molecule has 0 spiro atoms. The number of nitrogens with two attached hydrogens (primary N) is 1. The number of phenolic OH excluding ortho intramolecular Hbond substituents is 1. The molecular formula is C15H22N3O4+. The van der Waals surface area contributed by atoms with Gasteiger partial charge in [-0.05, 0) is 26.0 Å². The second-order valence-electron chi connectivity index (χ2n) is 4.81. The predicted octanol–water partition coefficient (Wildman–Crippen LogP) is -0.839. The number of benzene rings is 1. The lowest BCUT2D eigenvalue weighted by molar-refractivity contribution is -0.115. The molecule has 0 aromatic heterocycles. The van der Waals surface area contributed by atoms with Crippen molar-refractivity contribution in [1.82, 2.24) is 10.6 Å². The van der Waals surface area contributed by atoms with Crippen molar-refractivity contribution in [3.05, 3.63) is 36.0 Å². The maximum atomic E-state index is 12.1. The molecule has 1 amide bonds. The number of ether oxygens (including phenoxy) is 1. The van der Waals surface area contributed by atoms with Gasteiger partial charge in [-0.3, -0.25) is 5.41 Å². The van der Waals surface area contributed by atoms with Gasteiger partial charge in [0.15, 0.2) is 0 Å². The highest BCUT2D eigenvalue weighted by atomic mass is 16.5. The largest absolute Gasteiger partial charge is 0.508 e. The van der Waals surface area contributed by atoms with E-state index in [4.69, 9.17) is 10.1 Å². The number of carbonyl (C=O) groups is 1. The third-order valence-corrected chi connectivity index (χ3v) is 2.84. The van der Waals surface area contributed by atoms with Crippen LogP contribution in [0.1, 0.15) is 24.2 Å². The number of carbonyl (C=O) groups excluding carboxylic acids is 1. The molecular weight excluding hydrogens is 286 g/mol. The van der Waals surface area contributed by atoms with Gasteiger partial charge in [-0.2, -0.15) is 0 Å². The Kier molecular flexibility index (Phi) is 6.40. The fourth-order valence-electron chi connectivity index (χ4n) is 1.51. The summed E-state index contributed by atoms with van der Waals surface area (Å²) in [6, 6.07) is 4.12. The second-order valence-corrected chi connectivity index (χ2v) is 4.81. The van der Waals surface area contributed by atoms with Gasteiger partial charge in [0.2, 0.25) is 0 Å². The van der Waals surface area contributed by atoms with E-state index >= 15 is 0 Å². The van der Waals surface area contributed by atoms with Crippen LogP contribution in [0.3, 0.4) is 0 Å². The molecule has 1 aromatic rings. The quantitative estimate of drug-likeness (QED) is 0.347. The Morgan fingerprint density at radius 1 is 1.36 bits per heavy atom. The fraction of sp³-hybridized carbons (Fsp3) is 0.333. The van der Waals surface area contributed by atoms with Gasteiger partial charge in [0.1, 0.15) is 17.6 Å². The summed E-state index contributed by atoms with van der Waals surface area (Å²) in [4.78, 5) is 12.1. The summed E-state index contributed by atoms with van der Waals surface area (Å²) in [5.74, 6) is -0.168. The first-order valence-corrected chi connectivity index (χ1v) is 6.80. The summed E-state index contributed by atoms with van der Waals surface area (Å²) in [7, 11) is 1.70. The van der Waals surface area contributed by atoms with Gasteiger partial charge < -0.3 is 20.3 Å². The fourth-order valence-corrected chi connectivity index (χ4v) is 1.51. The van der Waals surface area contributed by atoms with Crippen molar-refractivity contribution in [2.45, 2.75) is 26.1 Å². The molecule has 0 heterocycles. The first kappa shape index (κ1) is 17.5. The Labute approximate surface area is 129 Å². The van der Waals surface area contributed by atoms with Crippen molar-refractivity contribution in [3.8, 4) is 11.5 Å². The SMILES string of the molecule is CN/C=C\C(=[NH2+])NC(=O)c1cc(O)cc(OC(C)C(C)O)c1. The Morgan fingerprint density at radius 3 is 2.64 bits per heavy atom. The van der Waals surface area contributed by atoms with Crippen LogP contribution in [0.2, 0.25) is 0 Å². The number of hydrogen-bond acceptors (Lipinski definition) is 5. The van der Waals surface area contributed by atoms with Crippen LogP contribution in [0.15, 0.2) is 30.5 Å². The zero-order valence-corrected chi connectivity index (χ0v) is 12.8. The third-order valence-electron chi connectivity index (χ3n) is 2.84. The molecule has 0 aliphatic rings. The van der Waals surface area contributed by atoms with Crippen molar-refractivity contribution >= 4 is 11.7 Å². The number of aromatic hydroxyl groups is 1. The van der Waals surface area contributed by atoms with E-state index in [0.717, 1.165) is 0 Å². The maximum absolute atomic E-state index is 12.1. The summed E-state index contributed by atoms with van der Waals surface area (Å²) in [5, 5.41) is 30.0. The molecule has 22 heavy (non-hydrogen) atoms. The van der Waals surface area contributed by atoms with E-state index in [1.807, 2.05) is 0 Å². The topological polar surface area (TPSA) is 116 Å². The number of amides is 1. The van der Waals surface area contributed by atoms with Crippen LogP contribution in [-0.2, 0) is 0 Å². The van der Waals surface area contributed by atoms with Crippen molar-refractivity contribution in [2.24, 2.45) is 0 Å². The van der Waals surface area contributed by atoms with Crippen LogP contribution in [0, 0.1) is 0 Å². The highest BCUT2D eigenvalue weighted by Gasteiger charge is 2.17. The van der Waals surface area contributed by atoms with E-state index in [0.29, 0.717) is 0 Å². The molecule has 0 bridgehead atoms. The van der Waals surface area contributed by atoms with Crippen LogP contribution in [-0.4, -0.2) is 41.2 Å². The lowest BCUT2D eigenvalue weighted by atomic mass is 10.1. The molecule has 0 aliphatic heterocycles. The van der Waals surface area contributed by atoms with Crippen molar-refractivity contribution in [1.29, 1.82) is 0 Å². The van der Waals surface area contributed by atoms with Crippen molar-refractivity contribution < 1.29 is 25.2 Å². The lowest BCUT2D eigenvalue weighted by Gasteiger charge is -2.17. The minimum atomic E-state index is -0.685. The molecule has 120 valence electrons. The van der Waals surface area contributed by atoms with Crippen molar-refractivity contribution in [2.75, 3.05) is 7.05 Å². The molecule has 0 radical (unpaired) electrons. The number of aliphatic hydroxyl groups excluding tert-OH is 1. The summed E-state index contributed by atoms with van der Waals surface area (Å²) in [6.45, 7) is 3.27. The monoisotopic (exact) mass is 308 g/mol. The van der Waals surface area contributed by atoms with Gasteiger partial charge in [0, 0.05) is 25.4 Å². The summed E-state index contributed by atoms with van der Waals surface area (Å²) >= 11 is 0. The smallest absolute Gasteiger partial charge is 0.339 e. The lowest BCUT2D eigenvalue weighted by Crippen LogP contribution is -2.49. The van der Waals surface area contributed by atoms with Crippen molar-refractivity contribution in [3.63, 3.8) is 0 Å². The summed E-state index contributed by atoms with van der Waals surface area (Å²) < 4.78 is 5.47. The van der Waals surface area contributed by atoms with Crippen LogP contribution in [0.25, 0.3) is 0 Å². The van der Waals surface area contributed by atoms with Gasteiger partial charge in [0.05, 0.1) is 11.7 Å². The molecule has 0 aliphatic carbocycles. The molecule has 2 unspecified atom stereocenters. The van der Waals surface area contributed by atoms with Gasteiger partial charge in [-0.15, -0.1) is 0 Å². The molecule has 6 N–H and O–H groups in total. The number of aliphatic hydroxyl groups is 1. The third kappa shape index (κ3) is 5.45. The second kappa shape index (κ2) is 8.04. The normalized spacial score (nSPS) is 13.5. The molecule has 0 saturated heterocycles. The first-order chi connectivity index (χ1) is 10.3. The van der Waals surface area contributed by atoms with E-state index in [1.165, 1.54) is 24.3 Å². The highest BCUT2D eigenvalue weighted by molar-refractivity contribution is 6.08. The molecule has 0 fully saturated rings. The van der Waals surface area contributed by atoms with Gasteiger partial charge >= 0.3 is 5.91 Å². The van der Waals surface area contributed by atoms with E-state index < -0.39 is 18.1 Å². The van der Waals surface area contributed by atoms with Crippen LogP contribution in [0.5, 0.6) is 11.5 Å². The molecule has 7 heteroatoms. The molecule has 2 atom stereocenters. The number of amidine groups is 1. The number of phenols is 1. The molecule has 0 saturated carbocycles. The zero-order chi connectivity index (χ0) is 16.7. The summed E-state index contributed by atoms with van der Waals surface area (Å²) in [6.07, 6.45) is 1.90. The molecule has 1 aromatic carbocycles. The Balaban J connectivity index is 2.86. The summed E-state index contributed by atoms with van der Waals surface area (Å²) in [5.41, 5.74) is 0.189. The minimum absolute atomic E-state index is 0.121. The van der Waals surface area contributed by atoms with Crippen LogP contribution < -0.4 is 20.8 Å². The number of nitrogens with one attached hydrogen (secondary N) is 2. The predicted molar refractivity (Wildman–Crippen MR) is 82.5 cm³/mol. The Morgan fingerprint density at radius 2 is 2.05 bits per heavy atom. The Bertz CT molecular complexity index is 570. The van der Waals surface area contributed by atoms with E-state index in [9.17, 15) is 15.0 Å². The minimum Gasteiger partial charge on any atom is -0.508 e. The zero-order valence-electron chi connectivity index (χ0n) is 12.8. The van der Waals surface area contributed by atoms with Gasteiger partial charge in [-0.1, -0.05) is 0 Å². The van der Waals surface area contributed by atoms with Crippen LogP contribution >= 0.6 is 0 Å². The highest BCUT2D eigenvalue weighted by Crippen LogP contribution is 2.23. The maximum Gasteiger partial charge on any atom is 0.339 e. The number of rotatable bonds is 6. The van der Waals surface area contributed by atoms with Gasteiger partial charge in [0.25, 0.3) is 5.84 Å².